The van der Waals surface area contributed by atoms with Crippen LogP contribution in [-0.4, -0.2) is 12.2 Å². The first-order valence-corrected chi connectivity index (χ1v) is 8.67. The number of ether oxygens (including phenoxy) is 1. The SMILES string of the molecule is COc1ccccc1C(c1ccc(O)cc1)c1ccc2ccccc2c1. The summed E-state index contributed by atoms with van der Waals surface area (Å²) in [5.74, 6) is 1.15. The summed E-state index contributed by atoms with van der Waals surface area (Å²) < 4.78 is 5.63. The summed E-state index contributed by atoms with van der Waals surface area (Å²) in [5, 5.41) is 12.1. The molecule has 1 unspecified atom stereocenters. The van der Waals surface area contributed by atoms with Crippen molar-refractivity contribution in [2.24, 2.45) is 0 Å². The molecule has 0 aliphatic carbocycles. The fourth-order valence-corrected chi connectivity index (χ4v) is 3.51. The van der Waals surface area contributed by atoms with Crippen LogP contribution in [0.2, 0.25) is 0 Å². The number of aromatic hydroxyl groups is 1. The van der Waals surface area contributed by atoms with E-state index in [2.05, 4.69) is 48.5 Å². The summed E-state index contributed by atoms with van der Waals surface area (Å²) >= 11 is 0. The Balaban J connectivity index is 1.93. The molecule has 4 aromatic carbocycles. The Bertz CT molecular complexity index is 1040. The molecule has 0 aliphatic rings. The van der Waals surface area contributed by atoms with E-state index in [9.17, 15) is 5.11 Å². The smallest absolute Gasteiger partial charge is 0.123 e. The fraction of sp³-hybridized carbons (Fsp3) is 0.0833. The number of methoxy groups -OCH3 is 1. The predicted molar refractivity (Wildman–Crippen MR) is 106 cm³/mol. The van der Waals surface area contributed by atoms with Gasteiger partial charge in [-0.3, -0.25) is 0 Å². The molecule has 0 aromatic heterocycles. The fourth-order valence-electron chi connectivity index (χ4n) is 3.51. The maximum atomic E-state index is 9.70. The van der Waals surface area contributed by atoms with Crippen molar-refractivity contribution in [2.75, 3.05) is 7.11 Å². The van der Waals surface area contributed by atoms with Crippen LogP contribution in [0.4, 0.5) is 0 Å². The maximum absolute atomic E-state index is 9.70. The van der Waals surface area contributed by atoms with Crippen LogP contribution in [0.3, 0.4) is 0 Å². The van der Waals surface area contributed by atoms with E-state index in [1.54, 1.807) is 19.2 Å². The van der Waals surface area contributed by atoms with Crippen LogP contribution < -0.4 is 4.74 Å². The second-order valence-corrected chi connectivity index (χ2v) is 6.37. The lowest BCUT2D eigenvalue weighted by atomic mass is 9.84. The Morgan fingerprint density at radius 3 is 2.12 bits per heavy atom. The molecule has 1 N–H and O–H groups in total. The molecule has 4 aromatic rings. The van der Waals surface area contributed by atoms with Crippen molar-refractivity contribution in [3.63, 3.8) is 0 Å². The van der Waals surface area contributed by atoms with Gasteiger partial charge in [-0.1, -0.05) is 72.8 Å². The van der Waals surface area contributed by atoms with Crippen molar-refractivity contribution in [2.45, 2.75) is 5.92 Å². The number of phenolic OH excluding ortho intramolecular Hbond substituents is 1. The number of hydrogen-bond donors (Lipinski definition) is 1. The molecule has 0 radical (unpaired) electrons. The summed E-state index contributed by atoms with van der Waals surface area (Å²) in [6.07, 6.45) is 0. The first-order chi connectivity index (χ1) is 12.8. The third-order valence-electron chi connectivity index (χ3n) is 4.78. The Morgan fingerprint density at radius 2 is 1.35 bits per heavy atom. The monoisotopic (exact) mass is 340 g/mol. The topological polar surface area (TPSA) is 29.5 Å². The van der Waals surface area contributed by atoms with Gasteiger partial charge in [-0.2, -0.15) is 0 Å². The van der Waals surface area contributed by atoms with Gasteiger partial charge in [-0.25, -0.2) is 0 Å². The van der Waals surface area contributed by atoms with E-state index < -0.39 is 0 Å². The van der Waals surface area contributed by atoms with Crippen molar-refractivity contribution in [3.05, 3.63) is 108 Å². The molecule has 128 valence electrons. The summed E-state index contributed by atoms with van der Waals surface area (Å²) in [4.78, 5) is 0. The van der Waals surface area contributed by atoms with Crippen LogP contribution in [0.1, 0.15) is 22.6 Å². The molecule has 1 atom stereocenters. The minimum atomic E-state index is 0.0244. The predicted octanol–water partition coefficient (Wildman–Crippen LogP) is 5.73. The highest BCUT2D eigenvalue weighted by molar-refractivity contribution is 5.83. The number of benzene rings is 4. The largest absolute Gasteiger partial charge is 0.508 e. The number of hydrogen-bond acceptors (Lipinski definition) is 2. The van der Waals surface area contributed by atoms with E-state index in [1.807, 2.05) is 30.3 Å². The number of rotatable bonds is 4. The van der Waals surface area contributed by atoms with Crippen molar-refractivity contribution in [3.8, 4) is 11.5 Å². The van der Waals surface area contributed by atoms with Crippen LogP contribution in [0, 0.1) is 0 Å². The van der Waals surface area contributed by atoms with Gasteiger partial charge >= 0.3 is 0 Å². The molecule has 4 rings (SSSR count). The molecule has 0 aliphatic heterocycles. The van der Waals surface area contributed by atoms with Gasteiger partial charge in [-0.15, -0.1) is 0 Å². The first-order valence-electron chi connectivity index (χ1n) is 8.67. The molecule has 26 heavy (non-hydrogen) atoms. The summed E-state index contributed by atoms with van der Waals surface area (Å²) in [7, 11) is 1.70. The van der Waals surface area contributed by atoms with Crippen LogP contribution in [0.15, 0.2) is 91.0 Å². The van der Waals surface area contributed by atoms with Gasteiger partial charge in [0, 0.05) is 11.5 Å². The van der Waals surface area contributed by atoms with Gasteiger partial charge in [0.2, 0.25) is 0 Å². The number of fused-ring (bicyclic) bond motifs is 1. The molecule has 0 heterocycles. The van der Waals surface area contributed by atoms with Gasteiger partial charge in [0.1, 0.15) is 11.5 Å². The van der Waals surface area contributed by atoms with Crippen LogP contribution in [0.5, 0.6) is 11.5 Å². The normalized spacial score (nSPS) is 12.0. The lowest BCUT2D eigenvalue weighted by Gasteiger charge is -2.21. The van der Waals surface area contributed by atoms with E-state index in [-0.39, 0.29) is 11.7 Å². The molecule has 0 amide bonds. The zero-order chi connectivity index (χ0) is 17.9. The zero-order valence-corrected chi connectivity index (χ0v) is 14.6. The zero-order valence-electron chi connectivity index (χ0n) is 14.6. The minimum absolute atomic E-state index is 0.0244. The molecule has 0 saturated carbocycles. The average molecular weight is 340 g/mol. The van der Waals surface area contributed by atoms with Crippen LogP contribution in [0.25, 0.3) is 10.8 Å². The van der Waals surface area contributed by atoms with E-state index in [0.29, 0.717) is 0 Å². The molecule has 0 spiro atoms. The van der Waals surface area contributed by atoms with Gasteiger partial charge in [-0.05, 0) is 40.1 Å². The Morgan fingerprint density at radius 1 is 0.692 bits per heavy atom. The summed E-state index contributed by atoms with van der Waals surface area (Å²) in [6, 6.07) is 30.5. The molecular formula is C24H20O2. The van der Waals surface area contributed by atoms with E-state index in [1.165, 1.54) is 16.3 Å². The van der Waals surface area contributed by atoms with Gasteiger partial charge in [0.05, 0.1) is 7.11 Å². The lowest BCUT2D eigenvalue weighted by molar-refractivity contribution is 0.409. The third kappa shape index (κ3) is 3.02. The summed E-state index contributed by atoms with van der Waals surface area (Å²) in [6.45, 7) is 0. The van der Waals surface area contributed by atoms with Crippen LogP contribution >= 0.6 is 0 Å². The second-order valence-electron chi connectivity index (χ2n) is 6.37. The van der Waals surface area contributed by atoms with Gasteiger partial charge in [0.15, 0.2) is 0 Å². The average Bonchev–Trinajstić information content (AvgIpc) is 2.70. The van der Waals surface area contributed by atoms with Crippen molar-refractivity contribution < 1.29 is 9.84 Å². The Hall–Kier alpha value is -3.26. The van der Waals surface area contributed by atoms with Crippen molar-refractivity contribution >= 4 is 10.8 Å². The lowest BCUT2D eigenvalue weighted by Crippen LogP contribution is -2.05. The van der Waals surface area contributed by atoms with Gasteiger partial charge in [0.25, 0.3) is 0 Å². The Kier molecular flexibility index (Phi) is 4.32. The molecule has 0 saturated heterocycles. The van der Waals surface area contributed by atoms with E-state index >= 15 is 0 Å². The third-order valence-corrected chi connectivity index (χ3v) is 4.78. The maximum Gasteiger partial charge on any atom is 0.123 e. The van der Waals surface area contributed by atoms with Crippen molar-refractivity contribution in [1.82, 2.24) is 0 Å². The highest BCUT2D eigenvalue weighted by atomic mass is 16.5. The number of phenols is 1. The standard InChI is InChI=1S/C24H20O2/c1-26-23-9-5-4-8-22(23)24(18-12-14-21(25)15-13-18)20-11-10-17-6-2-3-7-19(17)16-20/h2-16,24-25H,1H3. The van der Waals surface area contributed by atoms with Crippen LogP contribution in [-0.2, 0) is 0 Å². The molecule has 0 bridgehead atoms. The van der Waals surface area contributed by atoms with Crippen molar-refractivity contribution in [1.29, 1.82) is 0 Å². The van der Waals surface area contributed by atoms with Gasteiger partial charge < -0.3 is 9.84 Å². The quantitative estimate of drug-likeness (QED) is 0.480. The summed E-state index contributed by atoms with van der Waals surface area (Å²) in [5.41, 5.74) is 3.41. The molecular weight excluding hydrogens is 320 g/mol. The highest BCUT2D eigenvalue weighted by Crippen LogP contribution is 2.38. The first kappa shape index (κ1) is 16.2. The second kappa shape index (κ2) is 6.93. The molecule has 0 fully saturated rings. The minimum Gasteiger partial charge on any atom is -0.508 e. The highest BCUT2D eigenvalue weighted by Gasteiger charge is 2.20. The molecule has 2 heteroatoms. The van der Waals surface area contributed by atoms with E-state index in [4.69, 9.17) is 4.74 Å². The molecule has 2 nitrogen and oxygen atoms in total. The Labute approximate surface area is 153 Å². The van der Waals surface area contributed by atoms with E-state index in [0.717, 1.165) is 16.9 Å². The number of para-hydroxylation sites is 1.